The van der Waals surface area contributed by atoms with Crippen LogP contribution in [0.25, 0.3) is 0 Å². The highest BCUT2D eigenvalue weighted by atomic mass is 35.5. The maximum Gasteiger partial charge on any atom is 0.142 e. The molecule has 1 aromatic heterocycles. The Balaban J connectivity index is 2.17. The summed E-state index contributed by atoms with van der Waals surface area (Å²) in [5.41, 5.74) is 0.919. The highest BCUT2D eigenvalue weighted by molar-refractivity contribution is 7.11. The third-order valence-electron chi connectivity index (χ3n) is 2.75. The van der Waals surface area contributed by atoms with E-state index in [4.69, 9.17) is 11.6 Å². The molecule has 18 heavy (non-hydrogen) atoms. The lowest BCUT2D eigenvalue weighted by Gasteiger charge is -2.14. The van der Waals surface area contributed by atoms with Gasteiger partial charge in [-0.25, -0.2) is 9.37 Å². The van der Waals surface area contributed by atoms with Gasteiger partial charge in [0.25, 0.3) is 0 Å². The number of hydrogen-bond donors (Lipinski definition) is 1. The number of likely N-dealkylation sites (N-methyl/N-ethyl adjacent to an activating group) is 1. The molecular weight excluding hydrogens is 271 g/mol. The minimum absolute atomic E-state index is 0.150. The zero-order valence-corrected chi connectivity index (χ0v) is 11.8. The van der Waals surface area contributed by atoms with Gasteiger partial charge in [-0.3, -0.25) is 0 Å². The molecule has 0 aliphatic heterocycles. The van der Waals surface area contributed by atoms with Crippen molar-refractivity contribution in [1.29, 1.82) is 0 Å². The quantitative estimate of drug-likeness (QED) is 0.925. The number of benzene rings is 1. The van der Waals surface area contributed by atoms with Gasteiger partial charge in [0.05, 0.1) is 10.0 Å². The summed E-state index contributed by atoms with van der Waals surface area (Å²) < 4.78 is 13.4. The summed E-state index contributed by atoms with van der Waals surface area (Å²) in [6.45, 7) is 1.98. The first-order valence-electron chi connectivity index (χ1n) is 5.63. The van der Waals surface area contributed by atoms with Gasteiger partial charge in [-0.15, -0.1) is 11.3 Å². The number of thiazole rings is 1. The second-order valence-corrected chi connectivity index (χ2v) is 5.75. The van der Waals surface area contributed by atoms with E-state index in [1.807, 2.05) is 26.2 Å². The lowest BCUT2D eigenvalue weighted by molar-refractivity contribution is 0.591. The Morgan fingerprint density at radius 3 is 2.83 bits per heavy atom. The zero-order valence-electron chi connectivity index (χ0n) is 10.2. The van der Waals surface area contributed by atoms with Crippen molar-refractivity contribution in [3.05, 3.63) is 50.7 Å². The molecule has 0 fully saturated rings. The molecular formula is C13H14ClFN2S. The van der Waals surface area contributed by atoms with E-state index in [9.17, 15) is 4.39 Å². The molecule has 0 spiro atoms. The Labute approximate surface area is 115 Å². The fourth-order valence-corrected chi connectivity index (χ4v) is 2.80. The van der Waals surface area contributed by atoms with E-state index >= 15 is 0 Å². The van der Waals surface area contributed by atoms with Crippen LogP contribution in [-0.4, -0.2) is 12.0 Å². The van der Waals surface area contributed by atoms with Crippen molar-refractivity contribution in [2.75, 3.05) is 7.05 Å². The van der Waals surface area contributed by atoms with Crippen molar-refractivity contribution in [3.8, 4) is 0 Å². The Morgan fingerprint density at radius 1 is 1.50 bits per heavy atom. The number of rotatable bonds is 4. The molecule has 0 aliphatic carbocycles. The van der Waals surface area contributed by atoms with Gasteiger partial charge in [0, 0.05) is 17.1 Å². The molecule has 5 heteroatoms. The number of nitrogens with one attached hydrogen (secondary N) is 1. The fraction of sp³-hybridized carbons (Fsp3) is 0.308. The molecule has 2 rings (SSSR count). The molecule has 0 radical (unpaired) electrons. The van der Waals surface area contributed by atoms with Crippen molar-refractivity contribution >= 4 is 22.9 Å². The van der Waals surface area contributed by atoms with Crippen LogP contribution in [0, 0.1) is 12.7 Å². The molecule has 96 valence electrons. The van der Waals surface area contributed by atoms with E-state index in [0.29, 0.717) is 6.42 Å². The van der Waals surface area contributed by atoms with Gasteiger partial charge in [-0.1, -0.05) is 17.7 Å². The molecule has 1 aromatic carbocycles. The Morgan fingerprint density at radius 2 is 2.28 bits per heavy atom. The van der Waals surface area contributed by atoms with E-state index in [0.717, 1.165) is 15.4 Å². The summed E-state index contributed by atoms with van der Waals surface area (Å²) in [6, 6.07) is 5.08. The van der Waals surface area contributed by atoms with Crippen LogP contribution in [0.3, 0.4) is 0 Å². The summed E-state index contributed by atoms with van der Waals surface area (Å²) >= 11 is 7.33. The SMILES string of the molecule is CNC(Cc1ccc(Cl)c(F)c1)c1cnc(C)s1. The first-order chi connectivity index (χ1) is 8.60. The first kappa shape index (κ1) is 13.5. The zero-order chi connectivity index (χ0) is 13.1. The van der Waals surface area contributed by atoms with Crippen molar-refractivity contribution in [2.45, 2.75) is 19.4 Å². The monoisotopic (exact) mass is 284 g/mol. The van der Waals surface area contributed by atoms with Crippen molar-refractivity contribution < 1.29 is 4.39 Å². The predicted molar refractivity (Wildman–Crippen MR) is 73.8 cm³/mol. The molecule has 1 heterocycles. The Hall–Kier alpha value is -0.970. The number of aromatic nitrogens is 1. The first-order valence-corrected chi connectivity index (χ1v) is 6.83. The van der Waals surface area contributed by atoms with Gasteiger partial charge in [0.2, 0.25) is 0 Å². The number of aryl methyl sites for hydroxylation is 1. The predicted octanol–water partition coefficient (Wildman–Crippen LogP) is 3.75. The molecule has 1 N–H and O–H groups in total. The number of nitrogens with zero attached hydrogens (tertiary/aromatic N) is 1. The largest absolute Gasteiger partial charge is 0.312 e. The van der Waals surface area contributed by atoms with Crippen LogP contribution in [0.4, 0.5) is 4.39 Å². The second-order valence-electron chi connectivity index (χ2n) is 4.08. The summed E-state index contributed by atoms with van der Waals surface area (Å²) in [6.07, 6.45) is 2.58. The Kier molecular flexibility index (Phi) is 4.32. The third-order valence-corrected chi connectivity index (χ3v) is 4.09. The van der Waals surface area contributed by atoms with Crippen LogP contribution in [0.15, 0.2) is 24.4 Å². The average Bonchev–Trinajstić information content (AvgIpc) is 2.77. The summed E-state index contributed by atoms with van der Waals surface area (Å²) in [5.74, 6) is -0.371. The van der Waals surface area contributed by atoms with Crippen molar-refractivity contribution in [2.24, 2.45) is 0 Å². The van der Waals surface area contributed by atoms with Crippen LogP contribution < -0.4 is 5.32 Å². The maximum absolute atomic E-state index is 13.4. The summed E-state index contributed by atoms with van der Waals surface area (Å²) in [7, 11) is 1.89. The smallest absolute Gasteiger partial charge is 0.142 e. The molecule has 1 atom stereocenters. The van der Waals surface area contributed by atoms with Gasteiger partial charge >= 0.3 is 0 Å². The third kappa shape index (κ3) is 3.07. The topological polar surface area (TPSA) is 24.9 Å². The molecule has 2 nitrogen and oxygen atoms in total. The van der Waals surface area contributed by atoms with Gasteiger partial charge < -0.3 is 5.32 Å². The maximum atomic E-state index is 13.4. The minimum Gasteiger partial charge on any atom is -0.312 e. The number of halogens is 2. The van der Waals surface area contributed by atoms with E-state index in [1.165, 1.54) is 6.07 Å². The molecule has 0 saturated heterocycles. The van der Waals surface area contributed by atoms with Crippen LogP contribution in [0.5, 0.6) is 0 Å². The molecule has 1 unspecified atom stereocenters. The summed E-state index contributed by atoms with van der Waals surface area (Å²) in [4.78, 5) is 5.40. The lowest BCUT2D eigenvalue weighted by atomic mass is 10.1. The van der Waals surface area contributed by atoms with E-state index in [-0.39, 0.29) is 16.9 Å². The lowest BCUT2D eigenvalue weighted by Crippen LogP contribution is -2.17. The highest BCUT2D eigenvalue weighted by Gasteiger charge is 2.13. The Bertz CT molecular complexity index is 542. The van der Waals surface area contributed by atoms with Crippen LogP contribution in [-0.2, 0) is 6.42 Å². The van der Waals surface area contributed by atoms with Crippen LogP contribution in [0.2, 0.25) is 5.02 Å². The highest BCUT2D eigenvalue weighted by Crippen LogP contribution is 2.25. The van der Waals surface area contributed by atoms with E-state index in [2.05, 4.69) is 10.3 Å². The van der Waals surface area contributed by atoms with Gasteiger partial charge in [-0.05, 0) is 38.1 Å². The van der Waals surface area contributed by atoms with Gasteiger partial charge in [-0.2, -0.15) is 0 Å². The standard InChI is InChI=1S/C13H14ClFN2S/c1-8-17-7-13(18-8)12(16-2)6-9-3-4-10(14)11(15)5-9/h3-5,7,12,16H,6H2,1-2H3. The molecule has 0 amide bonds. The van der Waals surface area contributed by atoms with Crippen LogP contribution >= 0.6 is 22.9 Å². The molecule has 0 aliphatic rings. The van der Waals surface area contributed by atoms with Gasteiger partial charge in [0.1, 0.15) is 5.82 Å². The normalized spacial score (nSPS) is 12.7. The minimum atomic E-state index is -0.371. The van der Waals surface area contributed by atoms with Crippen molar-refractivity contribution in [1.82, 2.24) is 10.3 Å². The molecule has 0 bridgehead atoms. The number of hydrogen-bond acceptors (Lipinski definition) is 3. The van der Waals surface area contributed by atoms with E-state index in [1.54, 1.807) is 17.4 Å². The van der Waals surface area contributed by atoms with Gasteiger partial charge in [0.15, 0.2) is 0 Å². The summed E-state index contributed by atoms with van der Waals surface area (Å²) in [5, 5.41) is 4.42. The average molecular weight is 285 g/mol. The van der Waals surface area contributed by atoms with Crippen molar-refractivity contribution in [3.63, 3.8) is 0 Å². The molecule has 2 aromatic rings. The molecule has 0 saturated carbocycles. The van der Waals surface area contributed by atoms with Crippen LogP contribution in [0.1, 0.15) is 21.5 Å². The van der Waals surface area contributed by atoms with E-state index < -0.39 is 0 Å². The second kappa shape index (κ2) is 5.78. The fourth-order valence-electron chi connectivity index (χ4n) is 1.79.